The van der Waals surface area contributed by atoms with Crippen LogP contribution in [0.1, 0.15) is 31.4 Å². The number of halogens is 1. The highest BCUT2D eigenvalue weighted by atomic mass is 19.1. The minimum atomic E-state index is -0.338. The monoisotopic (exact) mass is 263 g/mol. The van der Waals surface area contributed by atoms with Crippen molar-refractivity contribution in [3.63, 3.8) is 0 Å². The van der Waals surface area contributed by atoms with Crippen LogP contribution < -0.4 is 5.73 Å². The third kappa shape index (κ3) is 3.32. The Hall–Kier alpha value is -1.42. The Bertz CT molecular complexity index is 470. The van der Waals surface area contributed by atoms with Gasteiger partial charge in [-0.15, -0.1) is 0 Å². The second-order valence-electron chi connectivity index (χ2n) is 5.74. The standard InChI is InChI=1S/C15H22FN3/c1-10(2)11-5-6-19(8-11)9-12-3-4-13(16)7-14(12)15(17)18/h3-4,7,10-11H,5-6,8-9H2,1-2H3,(H3,17,18). The van der Waals surface area contributed by atoms with Gasteiger partial charge < -0.3 is 5.73 Å². The Labute approximate surface area is 114 Å². The van der Waals surface area contributed by atoms with Crippen LogP contribution in [0.15, 0.2) is 18.2 Å². The number of nitrogens with two attached hydrogens (primary N) is 1. The summed E-state index contributed by atoms with van der Waals surface area (Å²) < 4.78 is 13.2. The molecule has 1 unspecified atom stereocenters. The van der Waals surface area contributed by atoms with Crippen molar-refractivity contribution in [2.45, 2.75) is 26.8 Å². The molecule has 1 aliphatic rings. The zero-order valence-corrected chi connectivity index (χ0v) is 11.6. The maximum absolute atomic E-state index is 13.2. The van der Waals surface area contributed by atoms with Crippen LogP contribution in [-0.4, -0.2) is 23.8 Å². The van der Waals surface area contributed by atoms with Crippen molar-refractivity contribution in [2.24, 2.45) is 17.6 Å². The number of hydrogen-bond acceptors (Lipinski definition) is 2. The summed E-state index contributed by atoms with van der Waals surface area (Å²) in [6.45, 7) is 7.41. The van der Waals surface area contributed by atoms with Gasteiger partial charge in [0.2, 0.25) is 0 Å². The smallest absolute Gasteiger partial charge is 0.123 e. The maximum atomic E-state index is 13.2. The summed E-state index contributed by atoms with van der Waals surface area (Å²) in [5, 5.41) is 7.55. The third-order valence-corrected chi connectivity index (χ3v) is 4.01. The molecule has 1 aliphatic heterocycles. The predicted octanol–water partition coefficient (Wildman–Crippen LogP) is 2.59. The highest BCUT2D eigenvalue weighted by Gasteiger charge is 2.25. The topological polar surface area (TPSA) is 53.1 Å². The lowest BCUT2D eigenvalue weighted by molar-refractivity contribution is 0.296. The van der Waals surface area contributed by atoms with Gasteiger partial charge in [-0.05, 0) is 42.5 Å². The lowest BCUT2D eigenvalue weighted by Gasteiger charge is -2.19. The first-order chi connectivity index (χ1) is 8.97. The van der Waals surface area contributed by atoms with Crippen molar-refractivity contribution in [3.05, 3.63) is 35.1 Å². The molecule has 0 spiro atoms. The van der Waals surface area contributed by atoms with Crippen LogP contribution in [0.5, 0.6) is 0 Å². The van der Waals surface area contributed by atoms with Crippen molar-refractivity contribution >= 4 is 5.84 Å². The van der Waals surface area contributed by atoms with Gasteiger partial charge in [0.1, 0.15) is 11.7 Å². The molecule has 3 N–H and O–H groups in total. The van der Waals surface area contributed by atoms with Crippen molar-refractivity contribution in [1.82, 2.24) is 4.90 Å². The molecule has 19 heavy (non-hydrogen) atoms. The molecule has 1 atom stereocenters. The molecule has 0 aromatic heterocycles. The highest BCUT2D eigenvalue weighted by molar-refractivity contribution is 5.96. The van der Waals surface area contributed by atoms with Crippen LogP contribution in [0.2, 0.25) is 0 Å². The summed E-state index contributed by atoms with van der Waals surface area (Å²) >= 11 is 0. The summed E-state index contributed by atoms with van der Waals surface area (Å²) in [7, 11) is 0. The molecule has 3 nitrogen and oxygen atoms in total. The number of benzene rings is 1. The summed E-state index contributed by atoms with van der Waals surface area (Å²) in [5.41, 5.74) is 7.00. The van der Waals surface area contributed by atoms with E-state index in [1.54, 1.807) is 6.07 Å². The number of likely N-dealkylation sites (tertiary alicyclic amines) is 1. The summed E-state index contributed by atoms with van der Waals surface area (Å²) in [6, 6.07) is 4.54. The molecule has 0 amide bonds. The minimum absolute atomic E-state index is 0.0610. The van der Waals surface area contributed by atoms with Crippen molar-refractivity contribution < 1.29 is 4.39 Å². The molecule has 0 bridgehead atoms. The Kier molecular flexibility index (Phi) is 4.20. The number of nitrogen functional groups attached to an aromatic ring is 1. The molecule has 0 aliphatic carbocycles. The largest absolute Gasteiger partial charge is 0.384 e. The van der Waals surface area contributed by atoms with E-state index in [1.165, 1.54) is 18.6 Å². The van der Waals surface area contributed by atoms with Crippen molar-refractivity contribution in [2.75, 3.05) is 13.1 Å². The van der Waals surface area contributed by atoms with Crippen molar-refractivity contribution in [1.29, 1.82) is 5.41 Å². The summed E-state index contributed by atoms with van der Waals surface area (Å²) in [4.78, 5) is 2.37. The maximum Gasteiger partial charge on any atom is 0.123 e. The third-order valence-electron chi connectivity index (χ3n) is 4.01. The molecule has 1 aromatic carbocycles. The second kappa shape index (κ2) is 5.70. The molecule has 1 fully saturated rings. The number of hydrogen-bond donors (Lipinski definition) is 2. The molecule has 0 radical (unpaired) electrons. The van der Waals surface area contributed by atoms with Gasteiger partial charge in [0.15, 0.2) is 0 Å². The van der Waals surface area contributed by atoms with E-state index in [9.17, 15) is 4.39 Å². The average molecular weight is 263 g/mol. The molecule has 1 aromatic rings. The summed E-state index contributed by atoms with van der Waals surface area (Å²) in [6.07, 6.45) is 1.22. The zero-order valence-electron chi connectivity index (χ0n) is 11.6. The highest BCUT2D eigenvalue weighted by Crippen LogP contribution is 2.25. The lowest BCUT2D eigenvalue weighted by Crippen LogP contribution is -2.24. The van der Waals surface area contributed by atoms with E-state index >= 15 is 0 Å². The van der Waals surface area contributed by atoms with Gasteiger partial charge in [0.25, 0.3) is 0 Å². The molecule has 1 heterocycles. The minimum Gasteiger partial charge on any atom is -0.384 e. The molecule has 1 saturated heterocycles. The Morgan fingerprint density at radius 2 is 2.26 bits per heavy atom. The zero-order chi connectivity index (χ0) is 14.0. The van der Waals surface area contributed by atoms with Crippen LogP contribution in [0.3, 0.4) is 0 Å². The average Bonchev–Trinajstić information content (AvgIpc) is 2.80. The van der Waals surface area contributed by atoms with E-state index < -0.39 is 0 Å². The molecule has 2 rings (SSSR count). The van der Waals surface area contributed by atoms with E-state index in [0.29, 0.717) is 11.5 Å². The van der Waals surface area contributed by atoms with Crippen molar-refractivity contribution in [3.8, 4) is 0 Å². The van der Waals surface area contributed by atoms with Crippen LogP contribution in [0, 0.1) is 23.1 Å². The Morgan fingerprint density at radius 1 is 1.53 bits per heavy atom. The van der Waals surface area contributed by atoms with Crippen LogP contribution in [0.4, 0.5) is 4.39 Å². The SMILES string of the molecule is CC(C)C1CCN(Cc2ccc(F)cc2C(=N)N)C1. The number of nitrogens with zero attached hydrogens (tertiary/aromatic N) is 1. The molecule has 0 saturated carbocycles. The van der Waals surface area contributed by atoms with Crippen LogP contribution >= 0.6 is 0 Å². The van der Waals surface area contributed by atoms with Gasteiger partial charge >= 0.3 is 0 Å². The first-order valence-corrected chi connectivity index (χ1v) is 6.82. The Balaban J connectivity index is 2.10. The molecule has 4 heteroatoms. The van der Waals surface area contributed by atoms with E-state index in [-0.39, 0.29) is 11.7 Å². The van der Waals surface area contributed by atoms with E-state index in [4.69, 9.17) is 11.1 Å². The van der Waals surface area contributed by atoms with Gasteiger partial charge in [-0.25, -0.2) is 4.39 Å². The van der Waals surface area contributed by atoms with Gasteiger partial charge in [0.05, 0.1) is 0 Å². The molecular weight excluding hydrogens is 241 g/mol. The van der Waals surface area contributed by atoms with Crippen LogP contribution in [0.25, 0.3) is 0 Å². The molecule has 104 valence electrons. The quantitative estimate of drug-likeness (QED) is 0.648. The fourth-order valence-corrected chi connectivity index (χ4v) is 2.73. The normalized spacial score (nSPS) is 20.1. The fraction of sp³-hybridized carbons (Fsp3) is 0.533. The van der Waals surface area contributed by atoms with E-state index in [1.807, 2.05) is 0 Å². The van der Waals surface area contributed by atoms with Gasteiger partial charge in [-0.1, -0.05) is 19.9 Å². The number of amidine groups is 1. The Morgan fingerprint density at radius 3 is 2.84 bits per heavy atom. The number of rotatable bonds is 4. The van der Waals surface area contributed by atoms with E-state index in [2.05, 4.69) is 18.7 Å². The van der Waals surface area contributed by atoms with E-state index in [0.717, 1.165) is 31.1 Å². The number of nitrogens with one attached hydrogen (secondary N) is 1. The van der Waals surface area contributed by atoms with Gasteiger partial charge in [0, 0.05) is 18.7 Å². The molecular formula is C15H22FN3. The fourth-order valence-electron chi connectivity index (χ4n) is 2.73. The summed E-state index contributed by atoms with van der Waals surface area (Å²) in [5.74, 6) is 1.04. The lowest BCUT2D eigenvalue weighted by atomic mass is 9.95. The first-order valence-electron chi connectivity index (χ1n) is 6.82. The second-order valence-corrected chi connectivity index (χ2v) is 5.74. The first kappa shape index (κ1) is 14.0. The van der Waals surface area contributed by atoms with Gasteiger partial charge in [-0.2, -0.15) is 0 Å². The van der Waals surface area contributed by atoms with Crippen LogP contribution in [-0.2, 0) is 6.54 Å². The predicted molar refractivity (Wildman–Crippen MR) is 75.6 cm³/mol. The van der Waals surface area contributed by atoms with Gasteiger partial charge in [-0.3, -0.25) is 10.3 Å².